The molecule has 3 atom stereocenters. The van der Waals surface area contributed by atoms with Crippen LogP contribution in [0.4, 0.5) is 4.39 Å². The number of hydrogen-bond acceptors (Lipinski definition) is 3. The van der Waals surface area contributed by atoms with Crippen LogP contribution in [-0.4, -0.2) is 37.4 Å². The Labute approximate surface area is 130 Å². The maximum absolute atomic E-state index is 13.5. The number of ether oxygens (including phenoxy) is 2. The van der Waals surface area contributed by atoms with Crippen molar-refractivity contribution in [2.45, 2.75) is 50.4 Å². The van der Waals surface area contributed by atoms with Crippen LogP contribution >= 0.6 is 0 Å². The Balaban J connectivity index is 1.45. The van der Waals surface area contributed by atoms with Crippen molar-refractivity contribution in [2.75, 3.05) is 13.2 Å². The minimum atomic E-state index is -0.247. The van der Waals surface area contributed by atoms with Crippen LogP contribution in [0.2, 0.25) is 0 Å². The molecular formula is C17H22FNO3. The fourth-order valence-corrected chi connectivity index (χ4v) is 3.25. The maximum Gasteiger partial charge on any atom is 0.220 e. The molecule has 1 aliphatic heterocycles. The Morgan fingerprint density at radius 1 is 1.18 bits per heavy atom. The third-order valence-corrected chi connectivity index (χ3v) is 4.42. The smallest absolute Gasteiger partial charge is 0.220 e. The van der Waals surface area contributed by atoms with E-state index in [0.29, 0.717) is 31.6 Å². The molecule has 1 aromatic carbocycles. The normalized spacial score (nSPS) is 28.0. The molecule has 5 heteroatoms. The summed E-state index contributed by atoms with van der Waals surface area (Å²) in [4.78, 5) is 12.1. The zero-order valence-corrected chi connectivity index (χ0v) is 12.6. The first-order valence-corrected chi connectivity index (χ1v) is 7.98. The molecule has 0 spiro atoms. The van der Waals surface area contributed by atoms with E-state index in [-0.39, 0.29) is 30.0 Å². The lowest BCUT2D eigenvalue weighted by atomic mass is 9.89. The Bertz CT molecular complexity index is 522. The van der Waals surface area contributed by atoms with Gasteiger partial charge in [-0.15, -0.1) is 0 Å². The van der Waals surface area contributed by atoms with Crippen LogP contribution in [0.3, 0.4) is 0 Å². The molecule has 4 nitrogen and oxygen atoms in total. The summed E-state index contributed by atoms with van der Waals surface area (Å²) in [5.41, 5.74) is 0.588. The van der Waals surface area contributed by atoms with Gasteiger partial charge in [0.2, 0.25) is 5.91 Å². The molecule has 1 aromatic rings. The fraction of sp³-hybridized carbons (Fsp3) is 0.588. The molecule has 1 N–H and O–H groups in total. The van der Waals surface area contributed by atoms with Gasteiger partial charge in [0.1, 0.15) is 5.82 Å². The van der Waals surface area contributed by atoms with Crippen molar-refractivity contribution in [1.82, 2.24) is 5.32 Å². The number of carbonyl (C=O) groups excluding carboxylic acids is 1. The Morgan fingerprint density at radius 2 is 1.95 bits per heavy atom. The number of halogens is 1. The highest BCUT2D eigenvalue weighted by Crippen LogP contribution is 2.26. The van der Waals surface area contributed by atoms with Gasteiger partial charge in [0.05, 0.1) is 25.4 Å². The number of nitrogens with one attached hydrogen (secondary N) is 1. The van der Waals surface area contributed by atoms with Crippen LogP contribution < -0.4 is 5.32 Å². The average Bonchev–Trinajstić information content (AvgIpc) is 2.54. The quantitative estimate of drug-likeness (QED) is 0.928. The van der Waals surface area contributed by atoms with E-state index in [1.54, 1.807) is 18.2 Å². The van der Waals surface area contributed by atoms with Gasteiger partial charge in [-0.3, -0.25) is 4.79 Å². The number of hydrogen-bond donors (Lipinski definition) is 1. The molecule has 22 heavy (non-hydrogen) atoms. The predicted molar refractivity (Wildman–Crippen MR) is 80.0 cm³/mol. The highest BCUT2D eigenvalue weighted by molar-refractivity contribution is 5.76. The molecular weight excluding hydrogens is 285 g/mol. The fourth-order valence-electron chi connectivity index (χ4n) is 3.25. The summed E-state index contributed by atoms with van der Waals surface area (Å²) in [6.45, 7) is 1.30. The summed E-state index contributed by atoms with van der Waals surface area (Å²) >= 11 is 0. The van der Waals surface area contributed by atoms with E-state index in [1.165, 1.54) is 6.07 Å². The average molecular weight is 307 g/mol. The second kappa shape index (κ2) is 7.20. The highest BCUT2D eigenvalue weighted by atomic mass is 19.1. The van der Waals surface area contributed by atoms with E-state index in [9.17, 15) is 9.18 Å². The molecule has 1 amide bonds. The largest absolute Gasteiger partial charge is 0.373 e. The zero-order valence-electron chi connectivity index (χ0n) is 12.6. The second-order valence-corrected chi connectivity index (χ2v) is 5.99. The van der Waals surface area contributed by atoms with Gasteiger partial charge in [-0.2, -0.15) is 0 Å². The molecule has 2 aliphatic rings. The first kappa shape index (κ1) is 15.4. The standard InChI is InChI=1S/C17H22FNO3/c18-14-4-2-1-3-12(14)5-8-17(20)19-13-6-7-15-16(11-13)22-10-9-21-15/h1-4,13,15-16H,5-11H2,(H,19,20). The van der Waals surface area contributed by atoms with E-state index in [1.807, 2.05) is 0 Å². The topological polar surface area (TPSA) is 47.6 Å². The first-order chi connectivity index (χ1) is 10.7. The highest BCUT2D eigenvalue weighted by Gasteiger charge is 2.34. The van der Waals surface area contributed by atoms with Gasteiger partial charge >= 0.3 is 0 Å². The van der Waals surface area contributed by atoms with Crippen molar-refractivity contribution in [2.24, 2.45) is 0 Å². The Morgan fingerprint density at radius 3 is 2.77 bits per heavy atom. The van der Waals surface area contributed by atoms with Gasteiger partial charge in [0.15, 0.2) is 0 Å². The van der Waals surface area contributed by atoms with Gasteiger partial charge in [0.25, 0.3) is 0 Å². The van der Waals surface area contributed by atoms with E-state index in [4.69, 9.17) is 9.47 Å². The van der Waals surface area contributed by atoms with E-state index in [0.717, 1.165) is 19.3 Å². The van der Waals surface area contributed by atoms with Gasteiger partial charge in [0, 0.05) is 12.5 Å². The summed E-state index contributed by atoms with van der Waals surface area (Å²) in [5, 5.41) is 3.04. The summed E-state index contributed by atoms with van der Waals surface area (Å²) in [7, 11) is 0. The van der Waals surface area contributed by atoms with Crippen LogP contribution in [0.1, 0.15) is 31.2 Å². The molecule has 1 aliphatic carbocycles. The molecule has 0 bridgehead atoms. The van der Waals surface area contributed by atoms with Crippen LogP contribution in [-0.2, 0) is 20.7 Å². The lowest BCUT2D eigenvalue weighted by Crippen LogP contribution is -2.49. The van der Waals surface area contributed by atoms with Crippen LogP contribution in [0.5, 0.6) is 0 Å². The molecule has 3 unspecified atom stereocenters. The predicted octanol–water partition coefficient (Wildman–Crippen LogP) is 2.21. The number of rotatable bonds is 4. The van der Waals surface area contributed by atoms with Crippen molar-refractivity contribution < 1.29 is 18.7 Å². The number of aryl methyl sites for hydroxylation is 1. The summed E-state index contributed by atoms with van der Waals surface area (Å²) < 4.78 is 24.9. The SMILES string of the molecule is O=C(CCc1ccccc1F)NC1CCC2OCCOC2C1. The number of fused-ring (bicyclic) bond motifs is 1. The lowest BCUT2D eigenvalue weighted by Gasteiger charge is -2.39. The molecule has 1 saturated heterocycles. The summed E-state index contributed by atoms with van der Waals surface area (Å²) in [6.07, 6.45) is 3.65. The number of benzene rings is 1. The van der Waals surface area contributed by atoms with Crippen molar-refractivity contribution >= 4 is 5.91 Å². The van der Waals surface area contributed by atoms with Crippen molar-refractivity contribution in [3.05, 3.63) is 35.6 Å². The first-order valence-electron chi connectivity index (χ1n) is 7.98. The molecule has 1 saturated carbocycles. The van der Waals surface area contributed by atoms with Gasteiger partial charge in [-0.05, 0) is 37.3 Å². The maximum atomic E-state index is 13.5. The summed E-state index contributed by atoms with van der Waals surface area (Å²) in [5.74, 6) is -0.271. The van der Waals surface area contributed by atoms with E-state index in [2.05, 4.69) is 5.32 Å². The molecule has 0 aromatic heterocycles. The lowest BCUT2D eigenvalue weighted by molar-refractivity contribution is -0.158. The monoisotopic (exact) mass is 307 g/mol. The van der Waals surface area contributed by atoms with E-state index < -0.39 is 0 Å². The van der Waals surface area contributed by atoms with Gasteiger partial charge < -0.3 is 14.8 Å². The van der Waals surface area contributed by atoms with Crippen LogP contribution in [0.15, 0.2) is 24.3 Å². The van der Waals surface area contributed by atoms with E-state index >= 15 is 0 Å². The minimum absolute atomic E-state index is 0.0246. The van der Waals surface area contributed by atoms with Crippen LogP contribution in [0, 0.1) is 5.82 Å². The van der Waals surface area contributed by atoms with Gasteiger partial charge in [-0.1, -0.05) is 18.2 Å². The minimum Gasteiger partial charge on any atom is -0.373 e. The van der Waals surface area contributed by atoms with Gasteiger partial charge in [-0.25, -0.2) is 4.39 Å². The molecule has 1 heterocycles. The molecule has 120 valence electrons. The van der Waals surface area contributed by atoms with Crippen molar-refractivity contribution in [1.29, 1.82) is 0 Å². The van der Waals surface area contributed by atoms with Crippen LogP contribution in [0.25, 0.3) is 0 Å². The zero-order chi connectivity index (χ0) is 15.4. The number of amides is 1. The van der Waals surface area contributed by atoms with Crippen molar-refractivity contribution in [3.63, 3.8) is 0 Å². The molecule has 3 rings (SSSR count). The molecule has 2 fully saturated rings. The Hall–Kier alpha value is -1.46. The molecule has 0 radical (unpaired) electrons. The van der Waals surface area contributed by atoms with Crippen molar-refractivity contribution in [3.8, 4) is 0 Å². The number of carbonyl (C=O) groups is 1. The Kier molecular flexibility index (Phi) is 5.05. The third-order valence-electron chi connectivity index (χ3n) is 4.42. The second-order valence-electron chi connectivity index (χ2n) is 5.99. The third kappa shape index (κ3) is 3.84. The summed E-state index contributed by atoms with van der Waals surface area (Å²) in [6, 6.07) is 6.73.